The minimum Gasteiger partial charge on any atom is -0.359 e. The summed E-state index contributed by atoms with van der Waals surface area (Å²) in [6, 6.07) is 7.93. The van der Waals surface area contributed by atoms with E-state index in [1.54, 1.807) is 0 Å². The van der Waals surface area contributed by atoms with Crippen LogP contribution in [0.5, 0.6) is 0 Å². The molecule has 5 heteroatoms. The van der Waals surface area contributed by atoms with Crippen LogP contribution in [0.15, 0.2) is 36.7 Å². The maximum Gasteiger partial charge on any atom is 0.128 e. The molecule has 2 rings (SSSR count). The van der Waals surface area contributed by atoms with Crippen LogP contribution in [0, 0.1) is 0 Å². The highest BCUT2D eigenvalue weighted by Gasteiger charge is 2.07. The SMILES string of the molecule is CNCc1nc(N(C)CCc2ccncc2)ccc1Cl. The third-order valence-corrected chi connectivity index (χ3v) is 3.47. The highest BCUT2D eigenvalue weighted by Crippen LogP contribution is 2.18. The van der Waals surface area contributed by atoms with Crippen molar-refractivity contribution in [2.45, 2.75) is 13.0 Å². The monoisotopic (exact) mass is 290 g/mol. The largest absolute Gasteiger partial charge is 0.359 e. The van der Waals surface area contributed by atoms with Crippen molar-refractivity contribution in [2.24, 2.45) is 0 Å². The second-order valence-electron chi connectivity index (χ2n) is 4.66. The Labute approximate surface area is 124 Å². The van der Waals surface area contributed by atoms with E-state index in [1.807, 2.05) is 50.8 Å². The zero-order valence-electron chi connectivity index (χ0n) is 11.8. The van der Waals surface area contributed by atoms with Crippen molar-refractivity contribution in [3.8, 4) is 0 Å². The van der Waals surface area contributed by atoms with Gasteiger partial charge in [0.15, 0.2) is 0 Å². The van der Waals surface area contributed by atoms with E-state index in [1.165, 1.54) is 5.56 Å². The average Bonchev–Trinajstić information content (AvgIpc) is 2.48. The Bertz CT molecular complexity index is 545. The van der Waals surface area contributed by atoms with Crippen LogP contribution in [0.2, 0.25) is 5.02 Å². The van der Waals surface area contributed by atoms with Gasteiger partial charge in [-0.25, -0.2) is 4.98 Å². The predicted molar refractivity (Wildman–Crippen MR) is 83.2 cm³/mol. The fourth-order valence-electron chi connectivity index (χ4n) is 1.94. The van der Waals surface area contributed by atoms with Gasteiger partial charge in [0, 0.05) is 32.5 Å². The molecule has 0 bridgehead atoms. The van der Waals surface area contributed by atoms with Gasteiger partial charge in [0.25, 0.3) is 0 Å². The molecular formula is C15H19ClN4. The molecule has 0 radical (unpaired) electrons. The van der Waals surface area contributed by atoms with Crippen molar-refractivity contribution in [1.29, 1.82) is 0 Å². The number of rotatable bonds is 6. The molecule has 0 aliphatic carbocycles. The zero-order valence-corrected chi connectivity index (χ0v) is 12.6. The highest BCUT2D eigenvalue weighted by atomic mass is 35.5. The van der Waals surface area contributed by atoms with Crippen molar-refractivity contribution in [3.05, 3.63) is 52.9 Å². The van der Waals surface area contributed by atoms with Gasteiger partial charge in [-0.3, -0.25) is 4.98 Å². The zero-order chi connectivity index (χ0) is 14.4. The second kappa shape index (κ2) is 7.22. The molecule has 20 heavy (non-hydrogen) atoms. The summed E-state index contributed by atoms with van der Waals surface area (Å²) in [5, 5.41) is 3.78. The minimum absolute atomic E-state index is 0.671. The summed E-state index contributed by atoms with van der Waals surface area (Å²) in [6.07, 6.45) is 4.60. The fraction of sp³-hybridized carbons (Fsp3) is 0.333. The summed E-state index contributed by atoms with van der Waals surface area (Å²) in [7, 11) is 3.93. The van der Waals surface area contributed by atoms with Crippen molar-refractivity contribution in [3.63, 3.8) is 0 Å². The van der Waals surface area contributed by atoms with E-state index >= 15 is 0 Å². The second-order valence-corrected chi connectivity index (χ2v) is 5.06. The van der Waals surface area contributed by atoms with Gasteiger partial charge in [-0.15, -0.1) is 0 Å². The maximum absolute atomic E-state index is 6.12. The first-order valence-electron chi connectivity index (χ1n) is 6.61. The third kappa shape index (κ3) is 3.92. The summed E-state index contributed by atoms with van der Waals surface area (Å²) >= 11 is 6.12. The lowest BCUT2D eigenvalue weighted by Crippen LogP contribution is -2.22. The summed E-state index contributed by atoms with van der Waals surface area (Å²) in [4.78, 5) is 10.8. The average molecular weight is 291 g/mol. The number of anilines is 1. The Morgan fingerprint density at radius 3 is 2.65 bits per heavy atom. The lowest BCUT2D eigenvalue weighted by molar-refractivity contribution is 0.781. The van der Waals surface area contributed by atoms with Gasteiger partial charge in [-0.2, -0.15) is 0 Å². The lowest BCUT2D eigenvalue weighted by atomic mass is 10.2. The van der Waals surface area contributed by atoms with Crippen LogP contribution < -0.4 is 10.2 Å². The molecule has 4 nitrogen and oxygen atoms in total. The van der Waals surface area contributed by atoms with Crippen LogP contribution in [0.3, 0.4) is 0 Å². The molecule has 2 aromatic heterocycles. The first-order valence-corrected chi connectivity index (χ1v) is 6.98. The van der Waals surface area contributed by atoms with Crippen LogP contribution >= 0.6 is 11.6 Å². The first kappa shape index (κ1) is 14.8. The molecule has 0 saturated heterocycles. The molecule has 2 heterocycles. The normalized spacial score (nSPS) is 10.6. The maximum atomic E-state index is 6.12. The summed E-state index contributed by atoms with van der Waals surface area (Å²) < 4.78 is 0. The molecule has 0 aliphatic rings. The van der Waals surface area contributed by atoms with Crippen LogP contribution in [-0.4, -0.2) is 30.6 Å². The van der Waals surface area contributed by atoms with Crippen LogP contribution in [0.25, 0.3) is 0 Å². The predicted octanol–water partition coefficient (Wildman–Crippen LogP) is 2.53. The molecule has 2 aromatic rings. The Morgan fingerprint density at radius 1 is 1.20 bits per heavy atom. The Balaban J connectivity index is 2.01. The molecule has 106 valence electrons. The summed E-state index contributed by atoms with van der Waals surface area (Å²) in [6.45, 7) is 1.57. The molecule has 0 spiro atoms. The molecule has 0 fully saturated rings. The van der Waals surface area contributed by atoms with Gasteiger partial charge in [0.1, 0.15) is 5.82 Å². The van der Waals surface area contributed by atoms with Crippen molar-refractivity contribution in [2.75, 3.05) is 25.5 Å². The minimum atomic E-state index is 0.671. The molecular weight excluding hydrogens is 272 g/mol. The van der Waals surface area contributed by atoms with E-state index in [9.17, 15) is 0 Å². The quantitative estimate of drug-likeness (QED) is 0.888. The van der Waals surface area contributed by atoms with Crippen LogP contribution in [0.1, 0.15) is 11.3 Å². The van der Waals surface area contributed by atoms with Crippen molar-refractivity contribution in [1.82, 2.24) is 15.3 Å². The molecule has 0 aromatic carbocycles. The Morgan fingerprint density at radius 2 is 1.95 bits per heavy atom. The number of halogens is 1. The number of hydrogen-bond acceptors (Lipinski definition) is 4. The van der Waals surface area contributed by atoms with Gasteiger partial charge in [-0.05, 0) is 43.3 Å². The van der Waals surface area contributed by atoms with Crippen LogP contribution in [0.4, 0.5) is 5.82 Å². The van der Waals surface area contributed by atoms with E-state index < -0.39 is 0 Å². The number of aromatic nitrogens is 2. The number of hydrogen-bond donors (Lipinski definition) is 1. The molecule has 0 aliphatic heterocycles. The van der Waals surface area contributed by atoms with E-state index in [4.69, 9.17) is 11.6 Å². The third-order valence-electron chi connectivity index (χ3n) is 3.12. The number of nitrogens with one attached hydrogen (secondary N) is 1. The highest BCUT2D eigenvalue weighted by molar-refractivity contribution is 6.31. The number of nitrogens with zero attached hydrogens (tertiary/aromatic N) is 3. The van der Waals surface area contributed by atoms with E-state index in [0.717, 1.165) is 24.5 Å². The number of pyridine rings is 2. The number of likely N-dealkylation sites (N-methyl/N-ethyl adjacent to an activating group) is 1. The van der Waals surface area contributed by atoms with Gasteiger partial charge in [0.05, 0.1) is 10.7 Å². The van der Waals surface area contributed by atoms with E-state index in [-0.39, 0.29) is 0 Å². The Hall–Kier alpha value is -1.65. The molecule has 0 saturated carbocycles. The summed E-state index contributed by atoms with van der Waals surface area (Å²) in [5.41, 5.74) is 2.15. The van der Waals surface area contributed by atoms with Gasteiger partial charge in [-0.1, -0.05) is 11.6 Å². The smallest absolute Gasteiger partial charge is 0.128 e. The molecule has 1 N–H and O–H groups in total. The van der Waals surface area contributed by atoms with Crippen LogP contribution in [-0.2, 0) is 13.0 Å². The van der Waals surface area contributed by atoms with Gasteiger partial charge in [0.2, 0.25) is 0 Å². The first-order chi connectivity index (χ1) is 9.70. The van der Waals surface area contributed by atoms with E-state index in [0.29, 0.717) is 11.6 Å². The topological polar surface area (TPSA) is 41.1 Å². The Kier molecular flexibility index (Phi) is 5.32. The summed E-state index contributed by atoms with van der Waals surface area (Å²) in [5.74, 6) is 0.939. The van der Waals surface area contributed by atoms with Crippen molar-refractivity contribution >= 4 is 17.4 Å². The molecule has 0 unspecified atom stereocenters. The lowest BCUT2D eigenvalue weighted by Gasteiger charge is -2.19. The molecule has 0 amide bonds. The standard InChI is InChI=1S/C15H19ClN4/c1-17-11-14-13(16)3-4-15(19-14)20(2)10-7-12-5-8-18-9-6-12/h3-6,8-9,17H,7,10-11H2,1-2H3. The van der Waals surface area contributed by atoms with Crippen molar-refractivity contribution < 1.29 is 0 Å². The molecule has 0 atom stereocenters. The fourth-order valence-corrected chi connectivity index (χ4v) is 2.11. The van der Waals surface area contributed by atoms with Gasteiger partial charge >= 0.3 is 0 Å². The van der Waals surface area contributed by atoms with Gasteiger partial charge < -0.3 is 10.2 Å². The van der Waals surface area contributed by atoms with E-state index in [2.05, 4.69) is 20.2 Å².